The minimum atomic E-state index is 0.250. The van der Waals surface area contributed by atoms with Gasteiger partial charge in [0.2, 0.25) is 0 Å². The summed E-state index contributed by atoms with van der Waals surface area (Å²) in [4.78, 5) is 2.65. The Balaban J connectivity index is 2.88. The highest BCUT2D eigenvalue weighted by Gasteiger charge is 2.43. The van der Waals surface area contributed by atoms with E-state index in [2.05, 4.69) is 32.6 Å². The summed E-state index contributed by atoms with van der Waals surface area (Å²) >= 11 is 0. The molecule has 0 aromatic heterocycles. The van der Waals surface area contributed by atoms with Crippen molar-refractivity contribution < 1.29 is 0 Å². The molecule has 0 spiro atoms. The third-order valence-corrected chi connectivity index (χ3v) is 4.17. The molecule has 0 aliphatic carbocycles. The van der Waals surface area contributed by atoms with Crippen molar-refractivity contribution in [2.75, 3.05) is 13.1 Å². The van der Waals surface area contributed by atoms with Crippen LogP contribution in [-0.4, -0.2) is 29.1 Å². The van der Waals surface area contributed by atoms with Gasteiger partial charge in [0.1, 0.15) is 0 Å². The summed E-state index contributed by atoms with van der Waals surface area (Å²) in [6.07, 6.45) is 4.98. The van der Waals surface area contributed by atoms with Gasteiger partial charge in [0.15, 0.2) is 0 Å². The second kappa shape index (κ2) is 4.19. The molecular formula is C12H26N2. The van der Waals surface area contributed by atoms with Crippen LogP contribution in [0.1, 0.15) is 53.4 Å². The molecule has 0 atom stereocenters. The van der Waals surface area contributed by atoms with Crippen molar-refractivity contribution in [2.45, 2.75) is 64.5 Å². The third-order valence-electron chi connectivity index (χ3n) is 4.17. The quantitative estimate of drug-likeness (QED) is 0.751. The molecule has 1 saturated heterocycles. The largest absolute Gasteiger partial charge is 0.329 e. The van der Waals surface area contributed by atoms with E-state index < -0.39 is 0 Å². The van der Waals surface area contributed by atoms with Gasteiger partial charge in [-0.05, 0) is 46.1 Å². The number of nitrogens with zero attached hydrogens (tertiary/aromatic N) is 1. The van der Waals surface area contributed by atoms with Crippen LogP contribution >= 0.6 is 0 Å². The molecule has 0 amide bonds. The highest BCUT2D eigenvalue weighted by molar-refractivity contribution is 5.00. The predicted molar refractivity (Wildman–Crippen MR) is 62.4 cm³/mol. The first kappa shape index (κ1) is 12.0. The van der Waals surface area contributed by atoms with Gasteiger partial charge in [-0.15, -0.1) is 0 Å². The van der Waals surface area contributed by atoms with Crippen LogP contribution in [-0.2, 0) is 0 Å². The van der Waals surface area contributed by atoms with Crippen molar-refractivity contribution >= 4 is 0 Å². The molecule has 0 saturated carbocycles. The second-order valence-corrected chi connectivity index (χ2v) is 5.20. The molecule has 0 radical (unpaired) electrons. The van der Waals surface area contributed by atoms with E-state index in [9.17, 15) is 0 Å². The minimum Gasteiger partial charge on any atom is -0.329 e. The lowest BCUT2D eigenvalue weighted by Gasteiger charge is -2.47. The maximum absolute atomic E-state index is 5.99. The van der Waals surface area contributed by atoms with E-state index in [1.807, 2.05) is 0 Å². The van der Waals surface area contributed by atoms with Crippen molar-refractivity contribution in [1.29, 1.82) is 0 Å². The average molecular weight is 198 g/mol. The lowest BCUT2D eigenvalue weighted by Crippen LogP contribution is -2.58. The second-order valence-electron chi connectivity index (χ2n) is 5.20. The topological polar surface area (TPSA) is 29.3 Å². The molecule has 0 unspecified atom stereocenters. The first-order valence-corrected chi connectivity index (χ1v) is 6.00. The van der Waals surface area contributed by atoms with E-state index in [0.717, 1.165) is 6.54 Å². The molecule has 14 heavy (non-hydrogen) atoms. The number of rotatable bonds is 4. The van der Waals surface area contributed by atoms with Crippen LogP contribution in [0.25, 0.3) is 0 Å². The Morgan fingerprint density at radius 3 is 2.14 bits per heavy atom. The molecule has 1 aliphatic rings. The average Bonchev–Trinajstić information content (AvgIpc) is 2.51. The molecule has 2 nitrogen and oxygen atoms in total. The fourth-order valence-corrected chi connectivity index (χ4v) is 3.02. The van der Waals surface area contributed by atoms with Crippen molar-refractivity contribution in [3.8, 4) is 0 Å². The molecule has 0 aromatic carbocycles. The maximum atomic E-state index is 5.99. The zero-order chi connectivity index (χ0) is 10.8. The predicted octanol–water partition coefficient (Wildman–Crippen LogP) is 2.38. The summed E-state index contributed by atoms with van der Waals surface area (Å²) < 4.78 is 0. The number of likely N-dealkylation sites (tertiary alicyclic amines) is 1. The number of hydrogen-bond acceptors (Lipinski definition) is 2. The third kappa shape index (κ3) is 1.82. The molecular weight excluding hydrogens is 172 g/mol. The lowest BCUT2D eigenvalue weighted by molar-refractivity contribution is 0.0285. The zero-order valence-corrected chi connectivity index (χ0v) is 10.3. The Morgan fingerprint density at radius 1 is 1.29 bits per heavy atom. The molecule has 2 N–H and O–H groups in total. The highest BCUT2D eigenvalue weighted by Crippen LogP contribution is 2.37. The van der Waals surface area contributed by atoms with Crippen LogP contribution in [0.2, 0.25) is 0 Å². The van der Waals surface area contributed by atoms with Gasteiger partial charge >= 0.3 is 0 Å². The minimum absolute atomic E-state index is 0.250. The summed E-state index contributed by atoms with van der Waals surface area (Å²) in [5, 5.41) is 0. The van der Waals surface area contributed by atoms with Gasteiger partial charge < -0.3 is 5.73 Å². The monoisotopic (exact) mass is 198 g/mol. The molecule has 1 heterocycles. The van der Waals surface area contributed by atoms with E-state index in [1.165, 1.54) is 32.2 Å². The Hall–Kier alpha value is -0.0800. The molecule has 2 heteroatoms. The van der Waals surface area contributed by atoms with E-state index in [0.29, 0.717) is 5.54 Å². The standard InChI is InChI=1S/C12H26N2/c1-5-12(6-2,10-13)14-9-7-8-11(14,3)4/h5-10,13H2,1-4H3. The fourth-order valence-electron chi connectivity index (χ4n) is 3.02. The van der Waals surface area contributed by atoms with Crippen LogP contribution in [0.4, 0.5) is 0 Å². The van der Waals surface area contributed by atoms with E-state index in [1.54, 1.807) is 0 Å². The van der Waals surface area contributed by atoms with Crippen molar-refractivity contribution in [1.82, 2.24) is 4.90 Å². The molecule has 1 rings (SSSR count). The van der Waals surface area contributed by atoms with E-state index in [4.69, 9.17) is 5.73 Å². The molecule has 1 fully saturated rings. The lowest BCUT2D eigenvalue weighted by atomic mass is 9.87. The van der Waals surface area contributed by atoms with E-state index in [-0.39, 0.29) is 5.54 Å². The van der Waals surface area contributed by atoms with Gasteiger partial charge in [-0.1, -0.05) is 13.8 Å². The number of hydrogen-bond donors (Lipinski definition) is 1. The summed E-state index contributed by atoms with van der Waals surface area (Å²) in [7, 11) is 0. The number of nitrogens with two attached hydrogens (primary N) is 1. The summed E-state index contributed by atoms with van der Waals surface area (Å²) in [5.74, 6) is 0. The van der Waals surface area contributed by atoms with E-state index >= 15 is 0 Å². The molecule has 1 aliphatic heterocycles. The molecule has 0 aromatic rings. The van der Waals surface area contributed by atoms with Gasteiger partial charge in [-0.25, -0.2) is 0 Å². The van der Waals surface area contributed by atoms with Crippen LogP contribution in [0.15, 0.2) is 0 Å². The normalized spacial score (nSPS) is 22.9. The van der Waals surface area contributed by atoms with Crippen LogP contribution in [0.3, 0.4) is 0 Å². The first-order chi connectivity index (χ1) is 6.52. The van der Waals surface area contributed by atoms with Gasteiger partial charge in [0, 0.05) is 17.6 Å². The molecule has 84 valence electrons. The Labute approximate surface area is 88.8 Å². The van der Waals surface area contributed by atoms with Gasteiger partial charge in [-0.2, -0.15) is 0 Å². The fraction of sp³-hybridized carbons (Fsp3) is 1.00. The Morgan fingerprint density at radius 2 is 1.86 bits per heavy atom. The van der Waals surface area contributed by atoms with Gasteiger partial charge in [0.25, 0.3) is 0 Å². The summed E-state index contributed by atoms with van der Waals surface area (Å²) in [6, 6.07) is 0. The maximum Gasteiger partial charge on any atom is 0.0331 e. The SMILES string of the molecule is CCC(CC)(CN)N1CCCC1(C)C. The first-order valence-electron chi connectivity index (χ1n) is 6.00. The summed E-state index contributed by atoms with van der Waals surface area (Å²) in [6.45, 7) is 11.3. The smallest absolute Gasteiger partial charge is 0.0331 e. The Kier molecular flexibility index (Phi) is 3.59. The van der Waals surface area contributed by atoms with Crippen LogP contribution in [0, 0.1) is 0 Å². The van der Waals surface area contributed by atoms with Gasteiger partial charge in [-0.3, -0.25) is 4.90 Å². The Bertz CT molecular complexity index is 174. The highest BCUT2D eigenvalue weighted by atomic mass is 15.3. The van der Waals surface area contributed by atoms with Crippen LogP contribution in [0.5, 0.6) is 0 Å². The van der Waals surface area contributed by atoms with Crippen molar-refractivity contribution in [2.24, 2.45) is 5.73 Å². The molecule has 0 bridgehead atoms. The van der Waals surface area contributed by atoms with Crippen molar-refractivity contribution in [3.05, 3.63) is 0 Å². The van der Waals surface area contributed by atoms with Crippen LogP contribution < -0.4 is 5.73 Å². The summed E-state index contributed by atoms with van der Waals surface area (Å²) in [5.41, 5.74) is 6.59. The van der Waals surface area contributed by atoms with Gasteiger partial charge in [0.05, 0.1) is 0 Å². The van der Waals surface area contributed by atoms with Crippen molar-refractivity contribution in [3.63, 3.8) is 0 Å². The zero-order valence-electron chi connectivity index (χ0n) is 10.3.